The highest BCUT2D eigenvalue weighted by Crippen LogP contribution is 2.54. The standard InChI is InChI=1S/C19H19F2NO/c1-12-3-5-14(6-4-12)18(23)22-11-19(10-13(19)2)16-8-7-15(20)9-17(16)21/h3-9,13H,10-11H2,1-2H3,(H,22,23). The summed E-state index contributed by atoms with van der Waals surface area (Å²) in [6.45, 7) is 4.32. The van der Waals surface area contributed by atoms with E-state index < -0.39 is 17.0 Å². The second-order valence-electron chi connectivity index (χ2n) is 6.43. The van der Waals surface area contributed by atoms with Crippen molar-refractivity contribution in [3.05, 3.63) is 70.8 Å². The molecule has 0 spiro atoms. The van der Waals surface area contributed by atoms with Gasteiger partial charge in [0.1, 0.15) is 11.6 Å². The fraction of sp³-hybridized carbons (Fsp3) is 0.316. The lowest BCUT2D eigenvalue weighted by atomic mass is 9.92. The molecule has 23 heavy (non-hydrogen) atoms. The molecule has 2 atom stereocenters. The van der Waals surface area contributed by atoms with Gasteiger partial charge in [0.05, 0.1) is 0 Å². The fourth-order valence-corrected chi connectivity index (χ4v) is 3.14. The van der Waals surface area contributed by atoms with Gasteiger partial charge in [0, 0.05) is 23.6 Å². The molecular weight excluding hydrogens is 296 g/mol. The second kappa shape index (κ2) is 5.76. The Labute approximate surface area is 134 Å². The molecule has 0 aromatic heterocycles. The van der Waals surface area contributed by atoms with Gasteiger partial charge in [0.15, 0.2) is 0 Å². The Kier molecular flexibility index (Phi) is 3.92. The van der Waals surface area contributed by atoms with Crippen LogP contribution < -0.4 is 5.32 Å². The number of hydrogen-bond acceptors (Lipinski definition) is 1. The molecule has 2 nitrogen and oxygen atoms in total. The molecule has 1 saturated carbocycles. The van der Waals surface area contributed by atoms with E-state index >= 15 is 0 Å². The third kappa shape index (κ3) is 2.98. The van der Waals surface area contributed by atoms with Crippen LogP contribution in [0.2, 0.25) is 0 Å². The van der Waals surface area contributed by atoms with Crippen LogP contribution in [-0.4, -0.2) is 12.5 Å². The van der Waals surface area contributed by atoms with Crippen LogP contribution in [0.4, 0.5) is 8.78 Å². The topological polar surface area (TPSA) is 29.1 Å². The van der Waals surface area contributed by atoms with Crippen LogP contribution in [0.1, 0.15) is 34.8 Å². The van der Waals surface area contributed by atoms with Gasteiger partial charge in [-0.3, -0.25) is 4.79 Å². The zero-order valence-electron chi connectivity index (χ0n) is 13.2. The second-order valence-corrected chi connectivity index (χ2v) is 6.43. The molecule has 1 fully saturated rings. The SMILES string of the molecule is Cc1ccc(C(=O)NCC2(c3ccc(F)cc3F)CC2C)cc1. The number of aryl methyl sites for hydroxylation is 1. The monoisotopic (exact) mass is 315 g/mol. The lowest BCUT2D eigenvalue weighted by Gasteiger charge is -2.19. The molecule has 0 bridgehead atoms. The first kappa shape index (κ1) is 15.7. The van der Waals surface area contributed by atoms with Gasteiger partial charge in [-0.15, -0.1) is 0 Å². The normalized spacial score (nSPS) is 22.7. The Balaban J connectivity index is 1.75. The first-order valence-corrected chi connectivity index (χ1v) is 7.73. The predicted molar refractivity (Wildman–Crippen MR) is 85.3 cm³/mol. The summed E-state index contributed by atoms with van der Waals surface area (Å²) in [6.07, 6.45) is 0.781. The van der Waals surface area contributed by atoms with Gasteiger partial charge in [0.2, 0.25) is 0 Å². The van der Waals surface area contributed by atoms with E-state index in [2.05, 4.69) is 5.32 Å². The molecule has 0 radical (unpaired) electrons. The van der Waals surface area contributed by atoms with E-state index in [9.17, 15) is 13.6 Å². The molecule has 120 valence electrons. The van der Waals surface area contributed by atoms with Gasteiger partial charge < -0.3 is 5.32 Å². The maximum absolute atomic E-state index is 14.1. The molecule has 2 aromatic rings. The molecule has 3 rings (SSSR count). The number of amides is 1. The summed E-state index contributed by atoms with van der Waals surface area (Å²) in [5.41, 5.74) is 1.72. The molecule has 2 unspecified atom stereocenters. The van der Waals surface area contributed by atoms with Crippen molar-refractivity contribution in [3.63, 3.8) is 0 Å². The summed E-state index contributed by atoms with van der Waals surface area (Å²) >= 11 is 0. The van der Waals surface area contributed by atoms with Crippen LogP contribution in [0.5, 0.6) is 0 Å². The van der Waals surface area contributed by atoms with Crippen LogP contribution in [0.25, 0.3) is 0 Å². The highest BCUT2D eigenvalue weighted by atomic mass is 19.1. The summed E-state index contributed by atoms with van der Waals surface area (Å²) in [6, 6.07) is 11.0. The maximum atomic E-state index is 14.1. The Morgan fingerprint density at radius 3 is 2.43 bits per heavy atom. The molecule has 1 aliphatic carbocycles. The molecule has 4 heteroatoms. The fourth-order valence-electron chi connectivity index (χ4n) is 3.14. The number of carbonyl (C=O) groups excluding carboxylic acids is 1. The highest BCUT2D eigenvalue weighted by molar-refractivity contribution is 5.94. The van der Waals surface area contributed by atoms with Gasteiger partial charge in [-0.05, 0) is 43.0 Å². The first-order valence-electron chi connectivity index (χ1n) is 7.73. The van der Waals surface area contributed by atoms with Gasteiger partial charge >= 0.3 is 0 Å². The molecule has 0 heterocycles. The van der Waals surface area contributed by atoms with Crippen LogP contribution in [-0.2, 0) is 5.41 Å². The minimum absolute atomic E-state index is 0.175. The number of benzene rings is 2. The lowest BCUT2D eigenvalue weighted by Crippen LogP contribution is -2.33. The number of carbonyl (C=O) groups is 1. The van der Waals surface area contributed by atoms with Crippen LogP contribution >= 0.6 is 0 Å². The number of nitrogens with one attached hydrogen (secondary N) is 1. The molecule has 0 aliphatic heterocycles. The Hall–Kier alpha value is -2.23. The van der Waals surface area contributed by atoms with Crippen LogP contribution in [0, 0.1) is 24.5 Å². The zero-order valence-corrected chi connectivity index (χ0v) is 13.2. The largest absolute Gasteiger partial charge is 0.351 e. The van der Waals surface area contributed by atoms with E-state index in [1.807, 2.05) is 26.0 Å². The van der Waals surface area contributed by atoms with E-state index in [4.69, 9.17) is 0 Å². The van der Waals surface area contributed by atoms with E-state index in [0.717, 1.165) is 18.1 Å². The van der Waals surface area contributed by atoms with Crippen molar-refractivity contribution in [2.45, 2.75) is 25.7 Å². The molecule has 0 saturated heterocycles. The molecular formula is C19H19F2NO. The summed E-state index contributed by atoms with van der Waals surface area (Å²) in [7, 11) is 0. The summed E-state index contributed by atoms with van der Waals surface area (Å²) in [4.78, 5) is 12.2. The zero-order chi connectivity index (χ0) is 16.6. The van der Waals surface area contributed by atoms with E-state index in [0.29, 0.717) is 17.7 Å². The lowest BCUT2D eigenvalue weighted by molar-refractivity contribution is 0.0948. The van der Waals surface area contributed by atoms with Crippen molar-refractivity contribution >= 4 is 5.91 Å². The molecule has 2 aromatic carbocycles. The van der Waals surface area contributed by atoms with Gasteiger partial charge in [-0.1, -0.05) is 30.7 Å². The van der Waals surface area contributed by atoms with E-state index in [-0.39, 0.29) is 11.8 Å². The average Bonchev–Trinajstić information content (AvgIpc) is 3.16. The van der Waals surface area contributed by atoms with Crippen LogP contribution in [0.3, 0.4) is 0 Å². The smallest absolute Gasteiger partial charge is 0.251 e. The van der Waals surface area contributed by atoms with E-state index in [1.54, 1.807) is 12.1 Å². The number of rotatable bonds is 4. The Morgan fingerprint density at radius 1 is 1.22 bits per heavy atom. The van der Waals surface area contributed by atoms with Gasteiger partial charge in [-0.2, -0.15) is 0 Å². The minimum Gasteiger partial charge on any atom is -0.351 e. The highest BCUT2D eigenvalue weighted by Gasteiger charge is 2.53. The number of hydrogen-bond donors (Lipinski definition) is 1. The summed E-state index contributed by atoms with van der Waals surface area (Å²) in [5.74, 6) is -1.05. The van der Waals surface area contributed by atoms with Crippen molar-refractivity contribution in [3.8, 4) is 0 Å². The first-order chi connectivity index (χ1) is 10.9. The third-order valence-corrected chi connectivity index (χ3v) is 4.80. The minimum atomic E-state index is -0.585. The van der Waals surface area contributed by atoms with Crippen molar-refractivity contribution in [2.75, 3.05) is 6.54 Å². The Bertz CT molecular complexity index is 742. The molecule has 1 aliphatic rings. The van der Waals surface area contributed by atoms with Gasteiger partial charge in [0.25, 0.3) is 5.91 Å². The van der Waals surface area contributed by atoms with E-state index in [1.165, 1.54) is 12.1 Å². The molecule has 1 amide bonds. The van der Waals surface area contributed by atoms with Crippen molar-refractivity contribution in [1.29, 1.82) is 0 Å². The van der Waals surface area contributed by atoms with Gasteiger partial charge in [-0.25, -0.2) is 8.78 Å². The van der Waals surface area contributed by atoms with Crippen molar-refractivity contribution in [2.24, 2.45) is 5.92 Å². The quantitative estimate of drug-likeness (QED) is 0.908. The van der Waals surface area contributed by atoms with Crippen molar-refractivity contribution < 1.29 is 13.6 Å². The van der Waals surface area contributed by atoms with Crippen molar-refractivity contribution in [1.82, 2.24) is 5.32 Å². The third-order valence-electron chi connectivity index (χ3n) is 4.80. The maximum Gasteiger partial charge on any atom is 0.251 e. The summed E-state index contributed by atoms with van der Waals surface area (Å²) in [5, 5.41) is 2.89. The number of halogens is 2. The Morgan fingerprint density at radius 2 is 1.87 bits per heavy atom. The average molecular weight is 315 g/mol. The van der Waals surface area contributed by atoms with Crippen LogP contribution in [0.15, 0.2) is 42.5 Å². The predicted octanol–water partition coefficient (Wildman–Crippen LogP) is 3.98. The summed E-state index contributed by atoms with van der Waals surface area (Å²) < 4.78 is 27.2. The molecule has 1 N–H and O–H groups in total.